The molecular weight excluding hydrogens is 415 g/mol. The quantitative estimate of drug-likeness (QED) is 0.703. The van der Waals surface area contributed by atoms with E-state index < -0.39 is 10.4 Å². The fraction of sp³-hybridized carbons (Fsp3) is 0.250. The van der Waals surface area contributed by atoms with Crippen molar-refractivity contribution in [3.05, 3.63) is 47.4 Å². The molecule has 1 aromatic rings. The molecule has 1 aromatic carbocycles. The van der Waals surface area contributed by atoms with Crippen molar-refractivity contribution < 1.29 is 38.6 Å². The maximum atomic E-state index is 8.74. The molecule has 0 radical (unpaired) electrons. The van der Waals surface area contributed by atoms with Crippen LogP contribution in [0.3, 0.4) is 0 Å². The molecule has 8 heteroatoms. The van der Waals surface area contributed by atoms with E-state index in [1.54, 1.807) is 0 Å². The maximum Gasteiger partial charge on any atom is 2.00 e. The fourth-order valence-electron chi connectivity index (χ4n) is 0.803. The van der Waals surface area contributed by atoms with Crippen molar-refractivity contribution in [1.82, 2.24) is 0 Å². The molecule has 6 nitrogen and oxygen atoms in total. The van der Waals surface area contributed by atoms with Gasteiger partial charge in [-0.15, -0.1) is 6.04 Å². The molecule has 1 atom stereocenters. The van der Waals surface area contributed by atoms with Gasteiger partial charge >= 0.3 is 31.5 Å². The third-order valence-electron chi connectivity index (χ3n) is 1.41. The first-order valence-electron chi connectivity index (χ1n) is 3.95. The van der Waals surface area contributed by atoms with Gasteiger partial charge in [0.05, 0.1) is 0 Å². The number of nitrogens with one attached hydrogen (secondary N) is 2. The van der Waals surface area contributed by atoms with Crippen molar-refractivity contribution in [3.63, 3.8) is 0 Å². The van der Waals surface area contributed by atoms with Gasteiger partial charge in [0.1, 0.15) is 0 Å². The first kappa shape index (κ1) is 18.1. The van der Waals surface area contributed by atoms with E-state index >= 15 is 0 Å². The van der Waals surface area contributed by atoms with E-state index in [9.17, 15) is 0 Å². The molecule has 16 heavy (non-hydrogen) atoms. The van der Waals surface area contributed by atoms with Crippen LogP contribution in [0.15, 0.2) is 30.3 Å². The molecule has 1 unspecified atom stereocenters. The van der Waals surface area contributed by atoms with E-state index in [-0.39, 0.29) is 33.7 Å². The van der Waals surface area contributed by atoms with Crippen molar-refractivity contribution in [2.45, 2.75) is 6.04 Å². The average Bonchev–Trinajstić information content (AvgIpc) is 2.15. The second-order valence-electron chi connectivity index (χ2n) is 2.62. The zero-order valence-corrected chi connectivity index (χ0v) is 11.2. The van der Waals surface area contributed by atoms with Gasteiger partial charge in [-0.1, -0.05) is 35.9 Å². The molecule has 0 aliphatic rings. The summed E-state index contributed by atoms with van der Waals surface area (Å²) in [5.41, 5.74) is 15.3. The third-order valence-corrected chi connectivity index (χ3v) is 1.41. The normalized spacial score (nSPS) is 11.8. The Labute approximate surface area is 109 Å². The van der Waals surface area contributed by atoms with E-state index in [0.29, 0.717) is 0 Å². The Kier molecular flexibility index (Phi) is 9.95. The number of benzene rings is 1. The third kappa shape index (κ3) is 11.8. The molecule has 1 rings (SSSR count). The van der Waals surface area contributed by atoms with Gasteiger partial charge in [-0.25, -0.2) is 0 Å². The first-order valence-corrected chi connectivity index (χ1v) is 5.35. The molecule has 0 saturated heterocycles. The summed E-state index contributed by atoms with van der Waals surface area (Å²) in [4.78, 5) is 0. The van der Waals surface area contributed by atoms with Crippen LogP contribution in [0.4, 0.5) is 0 Å². The Morgan fingerprint density at radius 1 is 1.19 bits per heavy atom. The molecule has 0 aliphatic carbocycles. The van der Waals surface area contributed by atoms with Gasteiger partial charge in [-0.3, -0.25) is 9.11 Å². The van der Waals surface area contributed by atoms with Crippen LogP contribution >= 0.6 is 0 Å². The molecule has 0 saturated carbocycles. The summed E-state index contributed by atoms with van der Waals surface area (Å²) in [5.74, 6) is 0. The average molecular weight is 427 g/mol. The molecule has 0 spiro atoms. The number of rotatable bonds is 2. The van der Waals surface area contributed by atoms with Crippen LogP contribution in [0.5, 0.6) is 0 Å². The zero-order chi connectivity index (χ0) is 11.9. The largest absolute Gasteiger partial charge is 2.00 e. The van der Waals surface area contributed by atoms with Gasteiger partial charge in [0.25, 0.3) is 0 Å². The predicted molar refractivity (Wildman–Crippen MR) is 56.9 cm³/mol. The Balaban J connectivity index is 0. The molecule has 0 amide bonds. The maximum absolute atomic E-state index is 8.74. The Morgan fingerprint density at radius 2 is 1.56 bits per heavy atom. The molecule has 0 bridgehead atoms. The summed E-state index contributed by atoms with van der Waals surface area (Å²) >= 11 is 0. The van der Waals surface area contributed by atoms with Gasteiger partial charge in [0.15, 0.2) is 0 Å². The summed E-state index contributed by atoms with van der Waals surface area (Å²) in [6, 6.07) is 9.10. The van der Waals surface area contributed by atoms with Crippen LogP contribution in [0, 0.1) is 0 Å². The van der Waals surface area contributed by atoms with Crippen molar-refractivity contribution in [2.24, 2.45) is 0 Å². The van der Waals surface area contributed by atoms with E-state index in [1.807, 2.05) is 30.3 Å². The first-order chi connectivity index (χ1) is 6.84. The summed E-state index contributed by atoms with van der Waals surface area (Å²) in [6.07, 6.45) is 0. The topological polar surface area (TPSA) is 122 Å². The van der Waals surface area contributed by atoms with E-state index in [0.717, 1.165) is 5.56 Å². The Morgan fingerprint density at radius 3 is 1.88 bits per heavy atom. The predicted octanol–water partition coefficient (Wildman–Crippen LogP) is 2.18. The van der Waals surface area contributed by atoms with Gasteiger partial charge in [-0.2, -0.15) is 15.0 Å². The molecular formula is C8H12N2O4PtS. The van der Waals surface area contributed by atoms with Gasteiger partial charge < -0.3 is 11.5 Å². The minimum absolute atomic E-state index is 0. The zero-order valence-electron chi connectivity index (χ0n) is 8.11. The van der Waals surface area contributed by atoms with Crippen LogP contribution in [-0.2, 0) is 31.5 Å². The summed E-state index contributed by atoms with van der Waals surface area (Å²) in [6.45, 7) is 0.143. The van der Waals surface area contributed by atoms with Crippen molar-refractivity contribution >= 4 is 10.4 Å². The smallest absolute Gasteiger partial charge is 0.678 e. The minimum atomic E-state index is -4.67. The molecule has 0 aliphatic heterocycles. The van der Waals surface area contributed by atoms with Gasteiger partial charge in [-0.05, 0) is 0 Å². The standard InChI is InChI=1S/C8H10N2.H2O4S.Pt/c9-6-8(10)7-4-2-1-3-5-7;1-5(2,3)4;/h1-5,8-10H,6H2;(H2,1,2,3,4);/q-2;;+2. The SMILES string of the molecule is O=S(=O)(O)O.[NH-]CC([NH-])c1ccccc1.[Pt+2]. The van der Waals surface area contributed by atoms with Crippen LogP contribution in [0.2, 0.25) is 0 Å². The molecule has 4 N–H and O–H groups in total. The van der Waals surface area contributed by atoms with Crippen LogP contribution < -0.4 is 0 Å². The number of hydrogen-bond acceptors (Lipinski definition) is 2. The summed E-state index contributed by atoms with van der Waals surface area (Å²) in [5, 5.41) is 0. The number of hydrogen-bond donors (Lipinski definition) is 2. The van der Waals surface area contributed by atoms with E-state index in [1.165, 1.54) is 0 Å². The molecule has 94 valence electrons. The Hall–Kier alpha value is -0.302. The van der Waals surface area contributed by atoms with Crippen molar-refractivity contribution in [2.75, 3.05) is 6.54 Å². The summed E-state index contributed by atoms with van der Waals surface area (Å²) in [7, 11) is -4.67. The van der Waals surface area contributed by atoms with Crippen LogP contribution in [-0.4, -0.2) is 24.1 Å². The molecule has 0 fully saturated rings. The molecule has 0 heterocycles. The second kappa shape index (κ2) is 8.81. The minimum Gasteiger partial charge on any atom is -0.678 e. The van der Waals surface area contributed by atoms with E-state index in [2.05, 4.69) is 0 Å². The Bertz CT molecular complexity index is 363. The van der Waals surface area contributed by atoms with Gasteiger partial charge in [0, 0.05) is 0 Å². The van der Waals surface area contributed by atoms with Crippen molar-refractivity contribution in [1.29, 1.82) is 0 Å². The van der Waals surface area contributed by atoms with Crippen molar-refractivity contribution in [3.8, 4) is 0 Å². The van der Waals surface area contributed by atoms with Crippen LogP contribution in [0.25, 0.3) is 11.5 Å². The fourth-order valence-corrected chi connectivity index (χ4v) is 0.803. The van der Waals surface area contributed by atoms with Crippen LogP contribution in [0.1, 0.15) is 11.6 Å². The van der Waals surface area contributed by atoms with E-state index in [4.69, 9.17) is 29.0 Å². The monoisotopic (exact) mass is 427 g/mol. The summed E-state index contributed by atoms with van der Waals surface area (Å²) < 4.78 is 31.6. The van der Waals surface area contributed by atoms with Gasteiger partial charge in [0.2, 0.25) is 0 Å². The second-order valence-corrected chi connectivity index (χ2v) is 3.51. The molecule has 0 aromatic heterocycles.